The zero-order valence-corrected chi connectivity index (χ0v) is 12.4. The molecule has 1 N–H and O–H groups in total. The Morgan fingerprint density at radius 2 is 2.14 bits per heavy atom. The molecule has 0 spiro atoms. The summed E-state index contributed by atoms with van der Waals surface area (Å²) < 4.78 is 0. The summed E-state index contributed by atoms with van der Waals surface area (Å²) in [7, 11) is 0. The number of phenolic OH excluding ortho intramolecular Hbond substituents is 1. The molecule has 2 aliphatic carbocycles. The Morgan fingerprint density at radius 3 is 2.95 bits per heavy atom. The molecule has 0 heterocycles. The van der Waals surface area contributed by atoms with Crippen molar-refractivity contribution >= 4 is 10.8 Å². The van der Waals surface area contributed by atoms with Gasteiger partial charge in [0.15, 0.2) is 0 Å². The second-order valence-electron chi connectivity index (χ2n) is 6.61. The van der Waals surface area contributed by atoms with Gasteiger partial charge in [-0.3, -0.25) is 0 Å². The van der Waals surface area contributed by atoms with Crippen LogP contribution in [0, 0.1) is 5.41 Å². The lowest BCUT2D eigenvalue weighted by Crippen LogP contribution is -2.29. The summed E-state index contributed by atoms with van der Waals surface area (Å²) in [6, 6.07) is 10.2. The molecule has 0 saturated heterocycles. The Bertz CT molecular complexity index is 784. The van der Waals surface area contributed by atoms with Crippen LogP contribution >= 0.6 is 0 Å². The lowest BCUT2D eigenvalue weighted by molar-refractivity contribution is 0.299. The summed E-state index contributed by atoms with van der Waals surface area (Å²) in [6.07, 6.45) is 7.82. The number of phenols is 1. The summed E-state index contributed by atoms with van der Waals surface area (Å²) in [4.78, 5) is 0. The summed E-state index contributed by atoms with van der Waals surface area (Å²) >= 11 is 0. The monoisotopic (exact) mass is 276 g/mol. The quantitative estimate of drug-likeness (QED) is 0.768. The van der Waals surface area contributed by atoms with Crippen molar-refractivity contribution in [3.05, 3.63) is 65.8 Å². The molecule has 106 valence electrons. The first-order valence-corrected chi connectivity index (χ1v) is 7.71. The van der Waals surface area contributed by atoms with E-state index in [9.17, 15) is 5.11 Å². The van der Waals surface area contributed by atoms with E-state index >= 15 is 0 Å². The Labute approximate surface area is 125 Å². The largest absolute Gasteiger partial charge is 0.508 e. The zero-order chi connectivity index (χ0) is 14.6. The molecule has 0 aromatic heterocycles. The van der Waals surface area contributed by atoms with E-state index in [0.29, 0.717) is 11.7 Å². The first-order valence-electron chi connectivity index (χ1n) is 7.71. The van der Waals surface area contributed by atoms with Gasteiger partial charge >= 0.3 is 0 Å². The van der Waals surface area contributed by atoms with E-state index in [4.69, 9.17) is 0 Å². The molecule has 2 atom stereocenters. The van der Waals surface area contributed by atoms with E-state index in [2.05, 4.69) is 37.8 Å². The fourth-order valence-corrected chi connectivity index (χ4v) is 4.43. The molecule has 0 radical (unpaired) electrons. The number of allylic oxidation sites excluding steroid dienone is 3. The van der Waals surface area contributed by atoms with E-state index in [1.165, 1.54) is 28.5 Å². The van der Waals surface area contributed by atoms with Crippen molar-refractivity contribution in [3.8, 4) is 5.75 Å². The van der Waals surface area contributed by atoms with E-state index in [0.717, 1.165) is 18.2 Å². The van der Waals surface area contributed by atoms with Gasteiger partial charge < -0.3 is 5.11 Å². The highest BCUT2D eigenvalue weighted by molar-refractivity contribution is 5.88. The average molecular weight is 276 g/mol. The van der Waals surface area contributed by atoms with Crippen molar-refractivity contribution in [1.82, 2.24) is 0 Å². The molecular weight excluding hydrogens is 256 g/mol. The zero-order valence-electron chi connectivity index (χ0n) is 12.4. The van der Waals surface area contributed by atoms with Crippen LogP contribution in [0.25, 0.3) is 10.8 Å². The highest BCUT2D eigenvalue weighted by Gasteiger charge is 2.44. The lowest BCUT2D eigenvalue weighted by Gasteiger charge is -2.40. The van der Waals surface area contributed by atoms with Crippen LogP contribution in [-0.4, -0.2) is 5.11 Å². The second kappa shape index (κ2) is 4.24. The fourth-order valence-electron chi connectivity index (χ4n) is 4.43. The number of fused-ring (bicyclic) bond motifs is 5. The Kier molecular flexibility index (Phi) is 2.56. The van der Waals surface area contributed by atoms with Gasteiger partial charge in [-0.25, -0.2) is 0 Å². The molecule has 2 aliphatic rings. The third kappa shape index (κ3) is 1.64. The molecule has 0 fully saturated rings. The van der Waals surface area contributed by atoms with Crippen LogP contribution in [0.2, 0.25) is 0 Å². The van der Waals surface area contributed by atoms with Gasteiger partial charge in [-0.15, -0.1) is 0 Å². The molecule has 0 amide bonds. The minimum atomic E-state index is 0.249. The van der Waals surface area contributed by atoms with Gasteiger partial charge in [0.25, 0.3) is 0 Å². The van der Waals surface area contributed by atoms with Crippen LogP contribution in [0.15, 0.2) is 54.6 Å². The van der Waals surface area contributed by atoms with Crippen molar-refractivity contribution in [2.45, 2.75) is 32.1 Å². The molecule has 1 nitrogen and oxygen atoms in total. The highest BCUT2D eigenvalue weighted by Crippen LogP contribution is 2.56. The molecular formula is C20H20O. The Morgan fingerprint density at radius 1 is 1.29 bits per heavy atom. The van der Waals surface area contributed by atoms with Crippen molar-refractivity contribution in [2.24, 2.45) is 5.41 Å². The molecule has 1 heteroatoms. The number of aryl methyl sites for hydroxylation is 1. The molecule has 4 rings (SSSR count). The van der Waals surface area contributed by atoms with Crippen LogP contribution in [0.1, 0.15) is 36.8 Å². The molecule has 0 aliphatic heterocycles. The molecule has 2 aromatic carbocycles. The average Bonchev–Trinajstić information content (AvgIpc) is 2.83. The van der Waals surface area contributed by atoms with Gasteiger partial charge in [0.2, 0.25) is 0 Å². The standard InChI is InChI=1S/C20H20O/c1-3-14-5-9-19-18-7-4-13-12-15(21)6-8-16(13)17(18)10-11-20(14,19)2/h3-8,12,19,21H,1,9-11H2,2H3/t19?,20-/m1/s1. The molecule has 0 bridgehead atoms. The normalized spacial score (nSPS) is 27.1. The molecule has 0 saturated carbocycles. The summed E-state index contributed by atoms with van der Waals surface area (Å²) in [5.41, 5.74) is 4.65. The van der Waals surface area contributed by atoms with Crippen molar-refractivity contribution in [3.63, 3.8) is 0 Å². The van der Waals surface area contributed by atoms with Crippen molar-refractivity contribution < 1.29 is 5.11 Å². The first kappa shape index (κ1) is 12.7. The van der Waals surface area contributed by atoms with Gasteiger partial charge in [0.1, 0.15) is 5.75 Å². The minimum absolute atomic E-state index is 0.249. The minimum Gasteiger partial charge on any atom is -0.508 e. The second-order valence-corrected chi connectivity index (χ2v) is 6.61. The summed E-state index contributed by atoms with van der Waals surface area (Å²) in [6.45, 7) is 6.39. The maximum atomic E-state index is 9.67. The van der Waals surface area contributed by atoms with E-state index in [1.807, 2.05) is 12.1 Å². The van der Waals surface area contributed by atoms with Gasteiger partial charge in [0.05, 0.1) is 0 Å². The van der Waals surface area contributed by atoms with Crippen LogP contribution in [0.4, 0.5) is 0 Å². The number of benzene rings is 2. The lowest BCUT2D eigenvalue weighted by atomic mass is 9.63. The van der Waals surface area contributed by atoms with Crippen LogP contribution < -0.4 is 0 Å². The van der Waals surface area contributed by atoms with Gasteiger partial charge in [-0.2, -0.15) is 0 Å². The van der Waals surface area contributed by atoms with Crippen LogP contribution in [-0.2, 0) is 6.42 Å². The number of hydrogen-bond acceptors (Lipinski definition) is 1. The molecule has 21 heavy (non-hydrogen) atoms. The third-order valence-corrected chi connectivity index (χ3v) is 5.64. The van der Waals surface area contributed by atoms with Crippen LogP contribution in [0.5, 0.6) is 5.75 Å². The Balaban J connectivity index is 1.91. The van der Waals surface area contributed by atoms with Crippen molar-refractivity contribution in [1.29, 1.82) is 0 Å². The third-order valence-electron chi connectivity index (χ3n) is 5.64. The summed E-state index contributed by atoms with van der Waals surface area (Å²) in [5, 5.41) is 12.1. The number of aromatic hydroxyl groups is 1. The van der Waals surface area contributed by atoms with E-state index < -0.39 is 0 Å². The molecule has 2 aromatic rings. The van der Waals surface area contributed by atoms with Gasteiger partial charge in [-0.05, 0) is 70.2 Å². The maximum Gasteiger partial charge on any atom is 0.116 e. The van der Waals surface area contributed by atoms with Gasteiger partial charge in [0, 0.05) is 0 Å². The van der Waals surface area contributed by atoms with Crippen LogP contribution in [0.3, 0.4) is 0 Å². The Hall–Kier alpha value is -2.02. The SMILES string of the molecule is C=CC1=CCC2c3ccc4cc(O)ccc4c3CC[C@]12C. The van der Waals surface area contributed by atoms with Crippen molar-refractivity contribution in [2.75, 3.05) is 0 Å². The predicted molar refractivity (Wildman–Crippen MR) is 87.7 cm³/mol. The highest BCUT2D eigenvalue weighted by atomic mass is 16.3. The fraction of sp³-hybridized carbons (Fsp3) is 0.300. The summed E-state index contributed by atoms with van der Waals surface area (Å²) in [5.74, 6) is 0.923. The maximum absolute atomic E-state index is 9.67. The first-order chi connectivity index (χ1) is 10.1. The number of rotatable bonds is 1. The molecule has 1 unspecified atom stereocenters. The number of hydrogen-bond donors (Lipinski definition) is 1. The van der Waals surface area contributed by atoms with E-state index in [-0.39, 0.29) is 5.41 Å². The predicted octanol–water partition coefficient (Wildman–Crippen LogP) is 5.10. The van der Waals surface area contributed by atoms with E-state index in [1.54, 1.807) is 6.07 Å². The smallest absolute Gasteiger partial charge is 0.116 e. The topological polar surface area (TPSA) is 20.2 Å². The van der Waals surface area contributed by atoms with Gasteiger partial charge in [-0.1, -0.05) is 43.9 Å².